The van der Waals surface area contributed by atoms with Gasteiger partial charge in [-0.05, 0) is 51.1 Å². The second-order valence-corrected chi connectivity index (χ2v) is 8.55. The normalized spacial score (nSPS) is 15.7. The molecule has 29 heavy (non-hydrogen) atoms. The number of hydrogen-bond donors (Lipinski definition) is 2. The Labute approximate surface area is 176 Å². The van der Waals surface area contributed by atoms with Gasteiger partial charge >= 0.3 is 0 Å². The minimum atomic E-state index is -0.134. The number of phenolic OH excluding ortho intramolecular Hbond substituents is 1. The van der Waals surface area contributed by atoms with Crippen molar-refractivity contribution in [3.63, 3.8) is 0 Å². The minimum absolute atomic E-state index is 0.00301. The van der Waals surface area contributed by atoms with Crippen LogP contribution in [0, 0.1) is 12.8 Å². The van der Waals surface area contributed by atoms with Gasteiger partial charge < -0.3 is 10.4 Å². The summed E-state index contributed by atoms with van der Waals surface area (Å²) >= 11 is 7.40. The molecule has 0 radical (unpaired) electrons. The molecule has 7 nitrogen and oxygen atoms in total. The van der Waals surface area contributed by atoms with E-state index in [0.717, 1.165) is 24.5 Å². The summed E-state index contributed by atoms with van der Waals surface area (Å²) in [5.74, 6) is -0.253. The number of rotatable bonds is 4. The van der Waals surface area contributed by atoms with E-state index in [1.807, 2.05) is 12.3 Å². The lowest BCUT2D eigenvalue weighted by Crippen LogP contribution is -2.38. The highest BCUT2D eigenvalue weighted by atomic mass is 35.5. The molecule has 1 amide bonds. The molecule has 0 bridgehead atoms. The Balaban J connectivity index is 1.36. The van der Waals surface area contributed by atoms with Crippen LogP contribution in [-0.2, 0) is 11.3 Å². The van der Waals surface area contributed by atoms with E-state index >= 15 is 0 Å². The van der Waals surface area contributed by atoms with Gasteiger partial charge in [-0.25, -0.2) is 4.98 Å². The number of likely N-dealkylation sites (tertiary alicyclic amines) is 1. The van der Waals surface area contributed by atoms with E-state index in [1.165, 1.54) is 23.5 Å². The third-order valence-electron chi connectivity index (χ3n) is 5.19. The number of halogens is 1. The van der Waals surface area contributed by atoms with Crippen molar-refractivity contribution in [2.45, 2.75) is 26.3 Å². The Morgan fingerprint density at radius 2 is 2.10 bits per heavy atom. The molecule has 9 heteroatoms. The number of benzene rings is 1. The molecule has 1 aliphatic rings. The van der Waals surface area contributed by atoms with E-state index in [0.29, 0.717) is 35.1 Å². The Morgan fingerprint density at radius 3 is 2.86 bits per heavy atom. The van der Waals surface area contributed by atoms with Crippen LogP contribution in [0.15, 0.2) is 34.4 Å². The summed E-state index contributed by atoms with van der Waals surface area (Å²) in [6.07, 6.45) is 1.40. The second-order valence-electron chi connectivity index (χ2n) is 7.28. The summed E-state index contributed by atoms with van der Waals surface area (Å²) in [7, 11) is 0. The number of carbonyl (C=O) groups excluding carboxylic acids is 1. The van der Waals surface area contributed by atoms with Gasteiger partial charge in [0, 0.05) is 34.6 Å². The summed E-state index contributed by atoms with van der Waals surface area (Å²) in [6, 6.07) is 6.16. The van der Waals surface area contributed by atoms with Crippen molar-refractivity contribution in [1.82, 2.24) is 14.3 Å². The first-order valence-corrected chi connectivity index (χ1v) is 10.6. The van der Waals surface area contributed by atoms with Crippen molar-refractivity contribution >= 4 is 39.5 Å². The fraction of sp³-hybridized carbons (Fsp3) is 0.350. The van der Waals surface area contributed by atoms with E-state index in [1.54, 1.807) is 16.5 Å². The summed E-state index contributed by atoms with van der Waals surface area (Å²) in [4.78, 5) is 32.4. The zero-order valence-corrected chi connectivity index (χ0v) is 17.5. The molecule has 4 rings (SSSR count). The molecule has 1 fully saturated rings. The van der Waals surface area contributed by atoms with Crippen molar-refractivity contribution in [1.29, 1.82) is 0 Å². The topological polar surface area (TPSA) is 86.9 Å². The van der Waals surface area contributed by atoms with Crippen LogP contribution < -0.4 is 10.9 Å². The van der Waals surface area contributed by atoms with Crippen LogP contribution in [0.3, 0.4) is 0 Å². The van der Waals surface area contributed by atoms with E-state index in [9.17, 15) is 14.7 Å². The third kappa shape index (κ3) is 4.29. The number of amides is 1. The van der Waals surface area contributed by atoms with Gasteiger partial charge in [-0.2, -0.15) is 0 Å². The van der Waals surface area contributed by atoms with Gasteiger partial charge in [-0.15, -0.1) is 11.3 Å². The van der Waals surface area contributed by atoms with Gasteiger partial charge in [0.05, 0.1) is 11.4 Å². The number of aromatic hydroxyl groups is 1. The molecule has 2 aromatic heterocycles. The number of nitrogens with zero attached hydrogens (tertiary/aromatic N) is 3. The molecular weight excluding hydrogens is 412 g/mol. The average Bonchev–Trinajstić information content (AvgIpc) is 3.06. The van der Waals surface area contributed by atoms with Crippen LogP contribution in [0.5, 0.6) is 5.75 Å². The van der Waals surface area contributed by atoms with E-state index in [-0.39, 0.29) is 23.1 Å². The first-order valence-electron chi connectivity index (χ1n) is 9.39. The van der Waals surface area contributed by atoms with Crippen molar-refractivity contribution < 1.29 is 9.90 Å². The molecule has 0 atom stereocenters. The zero-order valence-electron chi connectivity index (χ0n) is 15.9. The van der Waals surface area contributed by atoms with E-state index in [2.05, 4.69) is 15.2 Å². The molecule has 0 aliphatic carbocycles. The first kappa shape index (κ1) is 19.9. The van der Waals surface area contributed by atoms with Crippen molar-refractivity contribution in [2.24, 2.45) is 5.92 Å². The average molecular weight is 433 g/mol. The number of phenols is 1. The SMILES string of the molecule is Cc1csc2nc(CN3CCC(C(=O)Nc4cc(Cl)ccc4O)CC3)cc(=O)n12. The standard InChI is InChI=1S/C20H21ClN4O3S/c1-12-11-29-20-22-15(9-18(27)25(12)20)10-24-6-4-13(5-7-24)19(28)23-16-8-14(21)2-3-17(16)26/h2-3,8-9,11,13,26H,4-7,10H2,1H3,(H,23,28). The smallest absolute Gasteiger partial charge is 0.259 e. The minimum Gasteiger partial charge on any atom is -0.506 e. The molecule has 2 N–H and O–H groups in total. The predicted molar refractivity (Wildman–Crippen MR) is 114 cm³/mol. The maximum atomic E-state index is 12.6. The highest BCUT2D eigenvalue weighted by Gasteiger charge is 2.26. The number of aromatic nitrogens is 2. The van der Waals surface area contributed by atoms with Crippen LogP contribution in [0.4, 0.5) is 5.69 Å². The summed E-state index contributed by atoms with van der Waals surface area (Å²) < 4.78 is 1.62. The number of nitrogens with one attached hydrogen (secondary N) is 1. The van der Waals surface area contributed by atoms with Gasteiger partial charge in [-0.3, -0.25) is 18.9 Å². The molecular formula is C20H21ClN4O3S. The van der Waals surface area contributed by atoms with E-state index in [4.69, 9.17) is 11.6 Å². The molecule has 152 valence electrons. The quantitative estimate of drug-likeness (QED) is 0.618. The molecule has 3 heterocycles. The van der Waals surface area contributed by atoms with Crippen LogP contribution in [-0.4, -0.2) is 38.4 Å². The first-order chi connectivity index (χ1) is 13.9. The Hall–Kier alpha value is -2.42. The number of thiazole rings is 1. The number of piperidine rings is 1. The Morgan fingerprint density at radius 1 is 1.34 bits per heavy atom. The van der Waals surface area contributed by atoms with Crippen molar-refractivity contribution in [3.8, 4) is 5.75 Å². The number of carbonyl (C=O) groups is 1. The molecule has 1 aliphatic heterocycles. The molecule has 1 saturated heterocycles. The van der Waals surface area contributed by atoms with Crippen LogP contribution in [0.25, 0.3) is 4.96 Å². The van der Waals surface area contributed by atoms with Crippen LogP contribution in [0.2, 0.25) is 5.02 Å². The zero-order chi connectivity index (χ0) is 20.5. The number of aryl methyl sites for hydroxylation is 1. The maximum Gasteiger partial charge on any atom is 0.259 e. The van der Waals surface area contributed by atoms with Crippen molar-refractivity contribution in [3.05, 3.63) is 56.4 Å². The maximum absolute atomic E-state index is 12.6. The largest absolute Gasteiger partial charge is 0.506 e. The summed E-state index contributed by atoms with van der Waals surface area (Å²) in [5.41, 5.74) is 1.92. The van der Waals surface area contributed by atoms with Gasteiger partial charge in [-0.1, -0.05) is 11.6 Å². The number of hydrogen-bond acceptors (Lipinski definition) is 6. The molecule has 3 aromatic rings. The lowest BCUT2D eigenvalue weighted by Gasteiger charge is -2.31. The van der Waals surface area contributed by atoms with Gasteiger partial charge in [0.15, 0.2) is 4.96 Å². The number of anilines is 1. The monoisotopic (exact) mass is 432 g/mol. The van der Waals surface area contributed by atoms with Crippen LogP contribution >= 0.6 is 22.9 Å². The third-order valence-corrected chi connectivity index (χ3v) is 6.37. The fourth-order valence-corrected chi connectivity index (χ4v) is 4.67. The van der Waals surface area contributed by atoms with Crippen LogP contribution in [0.1, 0.15) is 24.2 Å². The fourth-order valence-electron chi connectivity index (χ4n) is 3.61. The lowest BCUT2D eigenvalue weighted by molar-refractivity contribution is -0.121. The molecule has 1 aromatic carbocycles. The predicted octanol–water partition coefficient (Wildman–Crippen LogP) is 3.27. The Kier molecular flexibility index (Phi) is 5.58. The molecule has 0 saturated carbocycles. The van der Waals surface area contributed by atoms with Crippen molar-refractivity contribution in [2.75, 3.05) is 18.4 Å². The van der Waals surface area contributed by atoms with Gasteiger partial charge in [0.2, 0.25) is 5.91 Å². The summed E-state index contributed by atoms with van der Waals surface area (Å²) in [6.45, 7) is 3.96. The van der Waals surface area contributed by atoms with E-state index < -0.39 is 0 Å². The number of fused-ring (bicyclic) bond motifs is 1. The Bertz CT molecular complexity index is 1120. The summed E-state index contributed by atoms with van der Waals surface area (Å²) in [5, 5.41) is 15.0. The second kappa shape index (κ2) is 8.14. The van der Waals surface area contributed by atoms with Gasteiger partial charge in [0.1, 0.15) is 5.75 Å². The van der Waals surface area contributed by atoms with Gasteiger partial charge in [0.25, 0.3) is 5.56 Å². The molecule has 0 unspecified atom stereocenters. The lowest BCUT2D eigenvalue weighted by atomic mass is 9.95. The molecule has 0 spiro atoms. The highest BCUT2D eigenvalue weighted by molar-refractivity contribution is 7.15. The highest BCUT2D eigenvalue weighted by Crippen LogP contribution is 2.28.